The lowest BCUT2D eigenvalue weighted by molar-refractivity contribution is -0.204. The topological polar surface area (TPSA) is 29.5 Å². The number of hydrogen-bond acceptors (Lipinski definition) is 2. The second kappa shape index (κ2) is 6.74. The van der Waals surface area contributed by atoms with E-state index in [-0.39, 0.29) is 18.6 Å². The number of rotatable bonds is 5. The Labute approximate surface area is 142 Å². The Kier molecular flexibility index (Phi) is 5.06. The van der Waals surface area contributed by atoms with Gasteiger partial charge in [0.05, 0.1) is 0 Å². The minimum atomic E-state index is -4.26. The van der Waals surface area contributed by atoms with Gasteiger partial charge in [-0.15, -0.1) is 0 Å². The second-order valence-corrected chi connectivity index (χ2v) is 5.81. The lowest BCUT2D eigenvalue weighted by Gasteiger charge is -2.23. The molecule has 7 heteroatoms. The number of halogens is 4. The van der Waals surface area contributed by atoms with Crippen molar-refractivity contribution in [2.45, 2.75) is 18.8 Å². The molecule has 25 heavy (non-hydrogen) atoms. The molecule has 0 unspecified atom stereocenters. The Morgan fingerprint density at radius 3 is 1.72 bits per heavy atom. The predicted molar refractivity (Wildman–Crippen MR) is 85.5 cm³/mol. The van der Waals surface area contributed by atoms with Gasteiger partial charge in [-0.05, 0) is 48.5 Å². The van der Waals surface area contributed by atoms with Crippen LogP contribution in [0, 0.1) is 0 Å². The lowest BCUT2D eigenvalue weighted by Crippen LogP contribution is -2.34. The first kappa shape index (κ1) is 18.8. The molecule has 0 fully saturated rings. The maximum Gasteiger partial charge on any atom is 0.335 e. The van der Waals surface area contributed by atoms with Gasteiger partial charge >= 0.3 is 11.8 Å². The SMILES string of the molecule is CN(C)C(=O)c1ccc(Oc2ccc(C(F)(F)C(C)(F)F)cc2)cc1. The number of hydrogen-bond donors (Lipinski definition) is 0. The summed E-state index contributed by atoms with van der Waals surface area (Å²) in [5.74, 6) is -8.00. The Morgan fingerprint density at radius 1 is 0.880 bits per heavy atom. The van der Waals surface area contributed by atoms with Gasteiger partial charge in [0, 0.05) is 32.1 Å². The van der Waals surface area contributed by atoms with Crippen LogP contribution in [0.1, 0.15) is 22.8 Å². The molecule has 2 rings (SSSR count). The molecule has 2 aromatic carbocycles. The summed E-state index contributed by atoms with van der Waals surface area (Å²) >= 11 is 0. The van der Waals surface area contributed by atoms with Crippen LogP contribution in [0.4, 0.5) is 17.6 Å². The third-order valence-electron chi connectivity index (χ3n) is 3.51. The lowest BCUT2D eigenvalue weighted by atomic mass is 10.0. The first-order valence-electron chi connectivity index (χ1n) is 7.38. The van der Waals surface area contributed by atoms with Crippen LogP contribution in [0.15, 0.2) is 48.5 Å². The van der Waals surface area contributed by atoms with Crippen LogP contribution in [-0.4, -0.2) is 30.8 Å². The normalized spacial score (nSPS) is 12.0. The van der Waals surface area contributed by atoms with Crippen LogP contribution in [0.2, 0.25) is 0 Å². The Morgan fingerprint density at radius 2 is 1.32 bits per heavy atom. The molecular formula is C18H17F4NO2. The van der Waals surface area contributed by atoms with Gasteiger partial charge in [-0.1, -0.05) is 0 Å². The van der Waals surface area contributed by atoms with Crippen LogP contribution < -0.4 is 4.74 Å². The third-order valence-corrected chi connectivity index (χ3v) is 3.51. The van der Waals surface area contributed by atoms with Gasteiger partial charge in [-0.25, -0.2) is 0 Å². The van der Waals surface area contributed by atoms with E-state index in [1.165, 1.54) is 17.0 Å². The minimum absolute atomic E-state index is 0.168. The highest BCUT2D eigenvalue weighted by molar-refractivity contribution is 5.93. The van der Waals surface area contributed by atoms with Crippen molar-refractivity contribution in [1.29, 1.82) is 0 Å². The summed E-state index contributed by atoms with van der Waals surface area (Å²) in [5.41, 5.74) is -0.322. The van der Waals surface area contributed by atoms with Gasteiger partial charge in [0.1, 0.15) is 11.5 Å². The van der Waals surface area contributed by atoms with Crippen LogP contribution in [0.25, 0.3) is 0 Å². The molecular weight excluding hydrogens is 338 g/mol. The van der Waals surface area contributed by atoms with Crippen LogP contribution in [-0.2, 0) is 5.92 Å². The van der Waals surface area contributed by atoms with Crippen molar-refractivity contribution in [3.8, 4) is 11.5 Å². The molecule has 0 aromatic heterocycles. The summed E-state index contributed by atoms with van der Waals surface area (Å²) < 4.78 is 58.6. The summed E-state index contributed by atoms with van der Waals surface area (Å²) in [6, 6.07) is 10.4. The molecule has 0 radical (unpaired) electrons. The zero-order valence-corrected chi connectivity index (χ0v) is 13.9. The number of amides is 1. The summed E-state index contributed by atoms with van der Waals surface area (Å²) in [6.45, 7) is 0.175. The van der Waals surface area contributed by atoms with E-state index in [4.69, 9.17) is 4.74 Å². The highest BCUT2D eigenvalue weighted by Crippen LogP contribution is 2.42. The number of ether oxygens (including phenoxy) is 1. The Balaban J connectivity index is 2.13. The van der Waals surface area contributed by atoms with Crippen molar-refractivity contribution in [3.63, 3.8) is 0 Å². The van der Waals surface area contributed by atoms with Crippen molar-refractivity contribution >= 4 is 5.91 Å². The summed E-state index contributed by atoms with van der Waals surface area (Å²) in [7, 11) is 3.26. The van der Waals surface area contributed by atoms with Crippen LogP contribution in [0.3, 0.4) is 0 Å². The summed E-state index contributed by atoms with van der Waals surface area (Å²) in [6.07, 6.45) is 0. The highest BCUT2D eigenvalue weighted by Gasteiger charge is 2.53. The Bertz CT molecular complexity index is 735. The molecule has 0 saturated heterocycles. The molecule has 0 aliphatic rings. The maximum atomic E-state index is 13.6. The van der Waals surface area contributed by atoms with E-state index in [2.05, 4.69) is 0 Å². The predicted octanol–water partition coefficient (Wildman–Crippen LogP) is 4.93. The first-order chi connectivity index (χ1) is 11.5. The fraction of sp³-hybridized carbons (Fsp3) is 0.278. The molecule has 134 valence electrons. The quantitative estimate of drug-likeness (QED) is 0.712. The molecule has 0 bridgehead atoms. The van der Waals surface area contributed by atoms with Crippen molar-refractivity contribution < 1.29 is 27.1 Å². The molecule has 0 aliphatic heterocycles. The van der Waals surface area contributed by atoms with E-state index in [0.29, 0.717) is 11.3 Å². The van der Waals surface area contributed by atoms with E-state index in [1.54, 1.807) is 38.4 Å². The van der Waals surface area contributed by atoms with E-state index < -0.39 is 17.4 Å². The zero-order valence-electron chi connectivity index (χ0n) is 13.9. The van der Waals surface area contributed by atoms with Crippen molar-refractivity contribution in [1.82, 2.24) is 4.90 Å². The van der Waals surface area contributed by atoms with Gasteiger partial charge in [0.2, 0.25) is 0 Å². The largest absolute Gasteiger partial charge is 0.457 e. The van der Waals surface area contributed by atoms with Crippen LogP contribution in [0.5, 0.6) is 11.5 Å². The molecule has 2 aromatic rings. The number of benzene rings is 2. The van der Waals surface area contributed by atoms with Gasteiger partial charge in [0.25, 0.3) is 5.91 Å². The molecule has 3 nitrogen and oxygen atoms in total. The molecule has 0 heterocycles. The fourth-order valence-electron chi connectivity index (χ4n) is 2.05. The van der Waals surface area contributed by atoms with Crippen molar-refractivity contribution in [2.24, 2.45) is 0 Å². The number of carbonyl (C=O) groups is 1. The maximum absolute atomic E-state index is 13.6. The smallest absolute Gasteiger partial charge is 0.335 e. The minimum Gasteiger partial charge on any atom is -0.457 e. The van der Waals surface area contributed by atoms with Gasteiger partial charge in [0.15, 0.2) is 0 Å². The zero-order chi connectivity index (χ0) is 18.8. The van der Waals surface area contributed by atoms with Crippen molar-refractivity contribution in [3.05, 3.63) is 59.7 Å². The molecule has 1 amide bonds. The fourth-order valence-corrected chi connectivity index (χ4v) is 2.05. The summed E-state index contributed by atoms with van der Waals surface area (Å²) in [5, 5.41) is 0. The van der Waals surface area contributed by atoms with Crippen molar-refractivity contribution in [2.75, 3.05) is 14.1 Å². The first-order valence-corrected chi connectivity index (χ1v) is 7.38. The number of alkyl halides is 4. The van der Waals surface area contributed by atoms with Gasteiger partial charge < -0.3 is 9.64 Å². The Hall–Kier alpha value is -2.57. The number of nitrogens with zero attached hydrogens (tertiary/aromatic N) is 1. The second-order valence-electron chi connectivity index (χ2n) is 5.81. The van der Waals surface area contributed by atoms with Crippen LogP contribution >= 0.6 is 0 Å². The molecule has 0 aliphatic carbocycles. The summed E-state index contributed by atoms with van der Waals surface area (Å²) in [4.78, 5) is 13.2. The van der Waals surface area contributed by atoms with E-state index >= 15 is 0 Å². The molecule has 0 spiro atoms. The average molecular weight is 355 g/mol. The van der Waals surface area contributed by atoms with E-state index in [0.717, 1.165) is 12.1 Å². The average Bonchev–Trinajstić information content (AvgIpc) is 2.54. The molecule has 0 saturated carbocycles. The molecule has 0 N–H and O–H groups in total. The van der Waals surface area contributed by atoms with E-state index in [1.807, 2.05) is 0 Å². The van der Waals surface area contributed by atoms with E-state index in [9.17, 15) is 22.4 Å². The van der Waals surface area contributed by atoms with Gasteiger partial charge in [-0.3, -0.25) is 4.79 Å². The highest BCUT2D eigenvalue weighted by atomic mass is 19.3. The molecule has 0 atom stereocenters. The third kappa shape index (κ3) is 4.10. The standard InChI is InChI=1S/C18H17F4NO2/c1-17(19,20)18(21,22)13-6-10-15(11-7-13)25-14-8-4-12(5-9-14)16(24)23(2)3/h4-11H,1-3H3. The monoisotopic (exact) mass is 355 g/mol. The number of carbonyl (C=O) groups excluding carboxylic acids is 1. The van der Waals surface area contributed by atoms with Gasteiger partial charge in [-0.2, -0.15) is 17.6 Å².